The average Bonchev–Trinajstić information content (AvgIpc) is 3.58. The van der Waals surface area contributed by atoms with E-state index in [1.54, 1.807) is 7.11 Å². The summed E-state index contributed by atoms with van der Waals surface area (Å²) in [6.07, 6.45) is 2.69. The number of benzene rings is 1. The number of rotatable bonds is 8. The summed E-state index contributed by atoms with van der Waals surface area (Å²) in [6, 6.07) is 7.89. The molecule has 7 nitrogen and oxygen atoms in total. The lowest BCUT2D eigenvalue weighted by Gasteiger charge is -2.33. The number of ether oxygens (including phenoxy) is 1. The smallest absolute Gasteiger partial charge is 0.240 e. The van der Waals surface area contributed by atoms with E-state index in [1.165, 1.54) is 0 Å². The molecule has 2 atom stereocenters. The van der Waals surface area contributed by atoms with Gasteiger partial charge in [0.1, 0.15) is 5.75 Å². The van der Waals surface area contributed by atoms with Crippen LogP contribution in [0.25, 0.3) is 0 Å². The van der Waals surface area contributed by atoms with Gasteiger partial charge >= 0.3 is 0 Å². The van der Waals surface area contributed by atoms with Crippen molar-refractivity contribution in [1.82, 2.24) is 20.0 Å². The Morgan fingerprint density at radius 1 is 1.22 bits per heavy atom. The zero-order valence-electron chi connectivity index (χ0n) is 19.8. The minimum atomic E-state index is -0.139. The Balaban J connectivity index is 1.54. The van der Waals surface area contributed by atoms with Crippen LogP contribution in [0.15, 0.2) is 24.3 Å². The normalized spacial score (nSPS) is 24.1. The van der Waals surface area contributed by atoms with E-state index in [4.69, 9.17) is 4.74 Å². The van der Waals surface area contributed by atoms with Gasteiger partial charge in [0.2, 0.25) is 11.8 Å². The van der Waals surface area contributed by atoms with E-state index in [9.17, 15) is 9.59 Å². The minimum Gasteiger partial charge on any atom is -0.497 e. The third kappa shape index (κ3) is 5.44. The first-order valence-electron chi connectivity index (χ1n) is 12.1. The molecular formula is C25H38N4O3. The highest BCUT2D eigenvalue weighted by Gasteiger charge is 2.44. The number of hydrogen-bond donors (Lipinski definition) is 1. The highest BCUT2D eigenvalue weighted by atomic mass is 16.5. The van der Waals surface area contributed by atoms with Gasteiger partial charge in [-0.1, -0.05) is 26.0 Å². The van der Waals surface area contributed by atoms with E-state index in [0.717, 1.165) is 69.8 Å². The monoisotopic (exact) mass is 442 g/mol. The van der Waals surface area contributed by atoms with E-state index < -0.39 is 0 Å². The molecule has 2 saturated heterocycles. The van der Waals surface area contributed by atoms with E-state index in [2.05, 4.69) is 35.0 Å². The molecule has 3 aliphatic rings. The first-order valence-corrected chi connectivity index (χ1v) is 12.1. The van der Waals surface area contributed by atoms with Crippen molar-refractivity contribution in [1.29, 1.82) is 0 Å². The zero-order valence-corrected chi connectivity index (χ0v) is 19.8. The van der Waals surface area contributed by atoms with Crippen LogP contribution in [0.5, 0.6) is 5.75 Å². The van der Waals surface area contributed by atoms with Gasteiger partial charge in [0.25, 0.3) is 0 Å². The Hall–Kier alpha value is -2.12. The topological polar surface area (TPSA) is 65.1 Å². The fourth-order valence-corrected chi connectivity index (χ4v) is 5.05. The van der Waals surface area contributed by atoms with Crippen LogP contribution in [0.2, 0.25) is 0 Å². The van der Waals surface area contributed by atoms with Crippen LogP contribution in [0, 0.1) is 11.8 Å². The molecule has 1 aromatic carbocycles. The van der Waals surface area contributed by atoms with Crippen molar-refractivity contribution < 1.29 is 14.3 Å². The van der Waals surface area contributed by atoms with Crippen LogP contribution >= 0.6 is 0 Å². The van der Waals surface area contributed by atoms with Gasteiger partial charge in [-0.15, -0.1) is 0 Å². The van der Waals surface area contributed by atoms with Crippen molar-refractivity contribution in [2.75, 3.05) is 46.4 Å². The van der Waals surface area contributed by atoms with Gasteiger partial charge < -0.3 is 19.9 Å². The molecule has 4 rings (SSSR count). The molecule has 0 bridgehead atoms. The first kappa shape index (κ1) is 23.1. The van der Waals surface area contributed by atoms with E-state index >= 15 is 0 Å². The van der Waals surface area contributed by atoms with Crippen molar-refractivity contribution in [2.45, 2.75) is 51.7 Å². The standard InChI is InChI=1S/C25H38N4O3/c1-18(2)15-28-17-21(14-23(28)25(31)27-11-9-26-10-12-27)29(24(30)20-7-8-20)16-19-5-4-6-22(13-19)32-3/h4-6,13,18,20-21,23,26H,7-12,14-17H2,1-3H3. The van der Waals surface area contributed by atoms with Crippen LogP contribution in [-0.2, 0) is 16.1 Å². The van der Waals surface area contributed by atoms with Gasteiger partial charge in [0, 0.05) is 57.8 Å². The highest BCUT2D eigenvalue weighted by molar-refractivity contribution is 5.84. The molecule has 1 aromatic rings. The fraction of sp³-hybridized carbons (Fsp3) is 0.680. The van der Waals surface area contributed by atoms with Crippen molar-refractivity contribution >= 4 is 11.8 Å². The first-order chi connectivity index (χ1) is 15.5. The van der Waals surface area contributed by atoms with Crippen LogP contribution < -0.4 is 10.1 Å². The maximum atomic E-state index is 13.5. The number of likely N-dealkylation sites (tertiary alicyclic amines) is 1. The summed E-state index contributed by atoms with van der Waals surface area (Å²) in [5, 5.41) is 3.33. The Bertz CT molecular complexity index is 804. The summed E-state index contributed by atoms with van der Waals surface area (Å²) >= 11 is 0. The lowest BCUT2D eigenvalue weighted by molar-refractivity contribution is -0.137. The Morgan fingerprint density at radius 3 is 2.62 bits per heavy atom. The molecule has 0 spiro atoms. The van der Waals surface area contributed by atoms with Crippen LogP contribution in [0.3, 0.4) is 0 Å². The Kier molecular flexibility index (Phi) is 7.36. The Labute approximate surface area is 192 Å². The zero-order chi connectivity index (χ0) is 22.7. The number of nitrogens with zero attached hydrogens (tertiary/aromatic N) is 3. The molecule has 3 fully saturated rings. The quantitative estimate of drug-likeness (QED) is 0.667. The van der Waals surface area contributed by atoms with Crippen molar-refractivity contribution in [3.8, 4) is 5.75 Å². The molecule has 2 amide bonds. The molecule has 7 heteroatoms. The molecule has 2 aliphatic heterocycles. The predicted octanol–water partition coefficient (Wildman–Crippen LogP) is 1.96. The largest absolute Gasteiger partial charge is 0.497 e. The van der Waals surface area contributed by atoms with Gasteiger partial charge in [-0.2, -0.15) is 0 Å². The fourth-order valence-electron chi connectivity index (χ4n) is 5.05. The lowest BCUT2D eigenvalue weighted by atomic mass is 10.1. The van der Waals surface area contributed by atoms with Gasteiger partial charge in [0.05, 0.1) is 13.2 Å². The van der Waals surface area contributed by atoms with Crippen LogP contribution in [0.1, 0.15) is 38.7 Å². The van der Waals surface area contributed by atoms with Gasteiger partial charge in [-0.25, -0.2) is 0 Å². The number of hydrogen-bond acceptors (Lipinski definition) is 5. The van der Waals surface area contributed by atoms with Gasteiger partial charge in [-0.05, 0) is 42.9 Å². The van der Waals surface area contributed by atoms with Crippen molar-refractivity contribution in [3.63, 3.8) is 0 Å². The molecule has 1 N–H and O–H groups in total. The van der Waals surface area contributed by atoms with E-state index in [1.807, 2.05) is 23.1 Å². The SMILES string of the molecule is COc1cccc(CN(C(=O)C2CC2)C2CC(C(=O)N3CCNCC3)N(CC(C)C)C2)c1. The molecule has 0 aromatic heterocycles. The molecule has 0 radical (unpaired) electrons. The summed E-state index contributed by atoms with van der Waals surface area (Å²) in [5.41, 5.74) is 1.07. The predicted molar refractivity (Wildman–Crippen MR) is 124 cm³/mol. The maximum absolute atomic E-state index is 13.5. The number of amides is 2. The number of carbonyl (C=O) groups is 2. The lowest BCUT2D eigenvalue weighted by Crippen LogP contribution is -2.52. The van der Waals surface area contributed by atoms with Crippen molar-refractivity contribution in [3.05, 3.63) is 29.8 Å². The number of carbonyl (C=O) groups excluding carboxylic acids is 2. The molecule has 1 aliphatic carbocycles. The summed E-state index contributed by atoms with van der Waals surface area (Å²) in [6.45, 7) is 9.86. The van der Waals surface area contributed by atoms with Crippen LogP contribution in [0.4, 0.5) is 0 Å². The summed E-state index contributed by atoms with van der Waals surface area (Å²) in [5.74, 6) is 1.91. The van der Waals surface area contributed by atoms with Crippen LogP contribution in [-0.4, -0.2) is 85.0 Å². The molecular weight excluding hydrogens is 404 g/mol. The third-order valence-electron chi connectivity index (χ3n) is 6.83. The molecule has 32 heavy (non-hydrogen) atoms. The summed E-state index contributed by atoms with van der Waals surface area (Å²) < 4.78 is 5.39. The van der Waals surface area contributed by atoms with E-state index in [-0.39, 0.29) is 29.8 Å². The van der Waals surface area contributed by atoms with Gasteiger partial charge in [0.15, 0.2) is 0 Å². The number of piperazine rings is 1. The van der Waals surface area contributed by atoms with Gasteiger partial charge in [-0.3, -0.25) is 14.5 Å². The second kappa shape index (κ2) is 10.2. The van der Waals surface area contributed by atoms with Crippen molar-refractivity contribution in [2.24, 2.45) is 11.8 Å². The highest BCUT2D eigenvalue weighted by Crippen LogP contribution is 2.35. The number of methoxy groups -OCH3 is 1. The molecule has 176 valence electrons. The molecule has 2 unspecified atom stereocenters. The second-order valence-corrected chi connectivity index (χ2v) is 9.92. The molecule has 2 heterocycles. The van der Waals surface area contributed by atoms with E-state index in [0.29, 0.717) is 12.5 Å². The summed E-state index contributed by atoms with van der Waals surface area (Å²) in [4.78, 5) is 33.2. The third-order valence-corrected chi connectivity index (χ3v) is 6.83. The Morgan fingerprint density at radius 2 is 1.97 bits per heavy atom. The average molecular weight is 443 g/mol. The number of nitrogens with one attached hydrogen (secondary N) is 1. The minimum absolute atomic E-state index is 0.0601. The maximum Gasteiger partial charge on any atom is 0.240 e. The summed E-state index contributed by atoms with van der Waals surface area (Å²) in [7, 11) is 1.67. The second-order valence-electron chi connectivity index (χ2n) is 9.92. The molecule has 1 saturated carbocycles.